The third-order valence-corrected chi connectivity index (χ3v) is 3.59. The summed E-state index contributed by atoms with van der Waals surface area (Å²) in [6.07, 6.45) is 18.1. The molecule has 0 aromatic heterocycles. The maximum atomic E-state index is 9.81. The van der Waals surface area contributed by atoms with Gasteiger partial charge in [0.1, 0.15) is 0 Å². The zero-order chi connectivity index (χ0) is 13.5. The van der Waals surface area contributed by atoms with Gasteiger partial charge in [-0.1, -0.05) is 70.8 Å². The fraction of sp³-hybridized carbons (Fsp3) is 0.882. The first-order valence-corrected chi connectivity index (χ1v) is 8.10. The van der Waals surface area contributed by atoms with Gasteiger partial charge in [0, 0.05) is 0 Å². The first-order valence-electron chi connectivity index (χ1n) is 8.10. The van der Waals surface area contributed by atoms with E-state index in [-0.39, 0.29) is 6.10 Å². The molecule has 1 atom stereocenters. The zero-order valence-corrected chi connectivity index (χ0v) is 12.5. The number of allylic oxidation sites excluding steroid dienone is 1. The van der Waals surface area contributed by atoms with Crippen LogP contribution in [0.4, 0.5) is 0 Å². The van der Waals surface area contributed by atoms with E-state index in [0.717, 1.165) is 19.3 Å². The van der Waals surface area contributed by atoms with Gasteiger partial charge in [0.05, 0.1) is 6.10 Å². The Bertz CT molecular complexity index is 165. The van der Waals surface area contributed by atoms with Crippen LogP contribution >= 0.6 is 0 Å². The molecule has 0 saturated heterocycles. The predicted octanol–water partition coefficient (Wildman–Crippen LogP) is 5.62. The molecule has 1 nitrogen and oxygen atoms in total. The summed E-state index contributed by atoms with van der Waals surface area (Å²) >= 11 is 0. The number of rotatable bonds is 14. The topological polar surface area (TPSA) is 20.2 Å². The maximum Gasteiger partial charge on any atom is 0.0540 e. The molecule has 1 N–H and O–H groups in total. The van der Waals surface area contributed by atoms with E-state index in [1.165, 1.54) is 64.2 Å². The van der Waals surface area contributed by atoms with Crippen molar-refractivity contribution in [3.05, 3.63) is 12.7 Å². The van der Waals surface area contributed by atoms with E-state index in [1.807, 2.05) is 6.08 Å². The van der Waals surface area contributed by atoms with Crippen LogP contribution in [0.2, 0.25) is 0 Å². The van der Waals surface area contributed by atoms with Gasteiger partial charge < -0.3 is 5.11 Å². The third kappa shape index (κ3) is 13.8. The number of unbranched alkanes of at least 4 members (excludes halogenated alkanes) is 9. The van der Waals surface area contributed by atoms with Crippen LogP contribution in [-0.2, 0) is 0 Å². The van der Waals surface area contributed by atoms with E-state index in [2.05, 4.69) is 13.5 Å². The second kappa shape index (κ2) is 14.8. The molecule has 1 heteroatoms. The Hall–Kier alpha value is -0.300. The third-order valence-electron chi connectivity index (χ3n) is 3.59. The van der Waals surface area contributed by atoms with Crippen LogP contribution in [0.1, 0.15) is 90.4 Å². The lowest BCUT2D eigenvalue weighted by Gasteiger charge is -2.09. The Kier molecular flexibility index (Phi) is 14.5. The lowest BCUT2D eigenvalue weighted by Crippen LogP contribution is -2.05. The molecule has 0 aromatic rings. The minimum absolute atomic E-state index is 0.0392. The predicted molar refractivity (Wildman–Crippen MR) is 81.9 cm³/mol. The summed E-state index contributed by atoms with van der Waals surface area (Å²) in [4.78, 5) is 0. The number of hydrogen-bond donors (Lipinski definition) is 1. The lowest BCUT2D eigenvalue weighted by atomic mass is 10.0. The summed E-state index contributed by atoms with van der Waals surface area (Å²) < 4.78 is 0. The van der Waals surface area contributed by atoms with E-state index in [4.69, 9.17) is 0 Å². The van der Waals surface area contributed by atoms with Gasteiger partial charge in [-0.05, 0) is 25.7 Å². The van der Waals surface area contributed by atoms with E-state index >= 15 is 0 Å². The van der Waals surface area contributed by atoms with Gasteiger partial charge in [0.2, 0.25) is 0 Å². The molecule has 0 amide bonds. The van der Waals surface area contributed by atoms with Crippen LogP contribution in [0.25, 0.3) is 0 Å². The Morgan fingerprint density at radius 2 is 1.33 bits per heavy atom. The zero-order valence-electron chi connectivity index (χ0n) is 12.5. The normalized spacial score (nSPS) is 12.6. The fourth-order valence-electron chi connectivity index (χ4n) is 2.33. The summed E-state index contributed by atoms with van der Waals surface area (Å²) in [6, 6.07) is 0. The highest BCUT2D eigenvalue weighted by Crippen LogP contribution is 2.13. The van der Waals surface area contributed by atoms with Crippen LogP contribution in [-0.4, -0.2) is 11.2 Å². The van der Waals surface area contributed by atoms with Crippen molar-refractivity contribution in [3.8, 4) is 0 Å². The summed E-state index contributed by atoms with van der Waals surface area (Å²) in [5.74, 6) is 0. The van der Waals surface area contributed by atoms with Crippen molar-refractivity contribution < 1.29 is 5.11 Å². The van der Waals surface area contributed by atoms with E-state index in [0.29, 0.717) is 0 Å². The molecule has 0 aliphatic heterocycles. The molecule has 0 heterocycles. The fourth-order valence-corrected chi connectivity index (χ4v) is 2.33. The molecule has 0 saturated carbocycles. The number of aliphatic hydroxyl groups excluding tert-OH is 1. The van der Waals surface area contributed by atoms with Crippen molar-refractivity contribution in [3.63, 3.8) is 0 Å². The van der Waals surface area contributed by atoms with Crippen LogP contribution in [0.5, 0.6) is 0 Å². The van der Waals surface area contributed by atoms with Crippen molar-refractivity contribution in [2.24, 2.45) is 0 Å². The quantitative estimate of drug-likeness (QED) is 0.315. The first-order chi connectivity index (χ1) is 8.81. The lowest BCUT2D eigenvalue weighted by molar-refractivity contribution is 0.147. The van der Waals surface area contributed by atoms with Gasteiger partial charge >= 0.3 is 0 Å². The van der Waals surface area contributed by atoms with Gasteiger partial charge in [0.25, 0.3) is 0 Å². The summed E-state index contributed by atoms with van der Waals surface area (Å²) in [6.45, 7) is 5.96. The SMILES string of the molecule is C=CCCCCCCCC[C@H](O)CCCCCC. The molecule has 0 aliphatic rings. The second-order valence-electron chi connectivity index (χ2n) is 5.49. The van der Waals surface area contributed by atoms with Crippen molar-refractivity contribution in [2.75, 3.05) is 0 Å². The monoisotopic (exact) mass is 254 g/mol. The molecule has 18 heavy (non-hydrogen) atoms. The number of hydrogen-bond acceptors (Lipinski definition) is 1. The van der Waals surface area contributed by atoms with Crippen molar-refractivity contribution in [2.45, 2.75) is 96.5 Å². The maximum absolute atomic E-state index is 9.81. The minimum Gasteiger partial charge on any atom is -0.393 e. The van der Waals surface area contributed by atoms with Crippen LogP contribution in [0.15, 0.2) is 12.7 Å². The average molecular weight is 254 g/mol. The van der Waals surface area contributed by atoms with Crippen LogP contribution in [0, 0.1) is 0 Å². The van der Waals surface area contributed by atoms with Crippen LogP contribution in [0.3, 0.4) is 0 Å². The largest absolute Gasteiger partial charge is 0.393 e. The van der Waals surface area contributed by atoms with Crippen molar-refractivity contribution in [1.82, 2.24) is 0 Å². The first kappa shape index (κ1) is 17.7. The molecule has 0 unspecified atom stereocenters. The van der Waals surface area contributed by atoms with E-state index in [1.54, 1.807) is 0 Å². The van der Waals surface area contributed by atoms with E-state index in [9.17, 15) is 5.11 Å². The summed E-state index contributed by atoms with van der Waals surface area (Å²) in [7, 11) is 0. The van der Waals surface area contributed by atoms with Crippen LogP contribution < -0.4 is 0 Å². The minimum atomic E-state index is -0.0392. The highest BCUT2D eigenvalue weighted by Gasteiger charge is 2.03. The highest BCUT2D eigenvalue weighted by molar-refractivity contribution is 4.65. The average Bonchev–Trinajstić information content (AvgIpc) is 2.38. The molecule has 0 spiro atoms. The summed E-state index contributed by atoms with van der Waals surface area (Å²) in [5, 5.41) is 9.81. The van der Waals surface area contributed by atoms with E-state index < -0.39 is 0 Å². The standard InChI is InChI=1S/C17H34O/c1-3-5-7-9-10-11-12-14-16-17(18)15-13-8-6-4-2/h3,17-18H,1,4-16H2,2H3/t17-/m1/s1. The Labute approximate surface area is 115 Å². The van der Waals surface area contributed by atoms with Gasteiger partial charge in [-0.3, -0.25) is 0 Å². The van der Waals surface area contributed by atoms with Gasteiger partial charge in [-0.25, -0.2) is 0 Å². The second-order valence-corrected chi connectivity index (χ2v) is 5.49. The molecule has 0 bridgehead atoms. The number of aliphatic hydroxyl groups is 1. The molecule has 108 valence electrons. The Balaban J connectivity index is 3.10. The molecule has 0 radical (unpaired) electrons. The van der Waals surface area contributed by atoms with Gasteiger partial charge in [-0.15, -0.1) is 6.58 Å². The Morgan fingerprint density at radius 1 is 0.833 bits per heavy atom. The molecule has 0 rings (SSSR count). The van der Waals surface area contributed by atoms with Crippen molar-refractivity contribution >= 4 is 0 Å². The smallest absolute Gasteiger partial charge is 0.0540 e. The van der Waals surface area contributed by atoms with Crippen molar-refractivity contribution in [1.29, 1.82) is 0 Å². The molecular weight excluding hydrogens is 220 g/mol. The highest BCUT2D eigenvalue weighted by atomic mass is 16.3. The molecule has 0 fully saturated rings. The van der Waals surface area contributed by atoms with Gasteiger partial charge in [0.15, 0.2) is 0 Å². The molecule has 0 aliphatic carbocycles. The molecule has 0 aromatic carbocycles. The molecular formula is C17H34O. The van der Waals surface area contributed by atoms with Gasteiger partial charge in [-0.2, -0.15) is 0 Å². The summed E-state index contributed by atoms with van der Waals surface area (Å²) in [5.41, 5.74) is 0. The Morgan fingerprint density at radius 3 is 1.89 bits per heavy atom.